The summed E-state index contributed by atoms with van der Waals surface area (Å²) >= 11 is 0. The number of nitrogens with zero attached hydrogens (tertiary/aromatic N) is 2. The molecule has 1 atom stereocenters. The Labute approximate surface area is 112 Å². The summed E-state index contributed by atoms with van der Waals surface area (Å²) in [7, 11) is 1.70. The molecule has 0 saturated carbocycles. The van der Waals surface area contributed by atoms with E-state index in [1.807, 2.05) is 0 Å². The maximum Gasteiger partial charge on any atom is 0.191 e. The number of hydrogen-bond acceptors (Lipinski definition) is 3. The van der Waals surface area contributed by atoms with Crippen LogP contribution in [0.25, 0.3) is 0 Å². The molecule has 0 rings (SSSR count). The molecule has 108 valence electrons. The lowest BCUT2D eigenvalue weighted by molar-refractivity contribution is 0.203. The van der Waals surface area contributed by atoms with Gasteiger partial charge in [-0.15, -0.1) is 0 Å². The molecule has 0 spiro atoms. The van der Waals surface area contributed by atoms with Crippen LogP contribution in [0.3, 0.4) is 0 Å². The molecule has 5 nitrogen and oxygen atoms in total. The summed E-state index contributed by atoms with van der Waals surface area (Å²) in [5.41, 5.74) is 0. The lowest BCUT2D eigenvalue weighted by Gasteiger charge is -2.25. The average molecular weight is 258 g/mol. The highest BCUT2D eigenvalue weighted by molar-refractivity contribution is 5.79. The Morgan fingerprint density at radius 3 is 2.39 bits per heavy atom. The van der Waals surface area contributed by atoms with Gasteiger partial charge < -0.3 is 15.4 Å². The molecule has 1 unspecified atom stereocenters. The third-order valence-corrected chi connectivity index (χ3v) is 2.89. The molecular formula is C13H30N4O. The maximum absolute atomic E-state index is 5.02. The van der Waals surface area contributed by atoms with Gasteiger partial charge >= 0.3 is 0 Å². The van der Waals surface area contributed by atoms with Gasteiger partial charge in [0.15, 0.2) is 5.96 Å². The van der Waals surface area contributed by atoms with Gasteiger partial charge in [0.05, 0.1) is 13.2 Å². The van der Waals surface area contributed by atoms with Crippen molar-refractivity contribution in [3.8, 4) is 0 Å². The van der Waals surface area contributed by atoms with Crippen LogP contribution in [0.1, 0.15) is 27.7 Å². The molecule has 0 aliphatic heterocycles. The molecule has 0 aromatic heterocycles. The number of aliphatic imine (C=N–C) groups is 1. The Balaban J connectivity index is 4.19. The molecule has 0 saturated heterocycles. The highest BCUT2D eigenvalue weighted by Gasteiger charge is 2.09. The summed E-state index contributed by atoms with van der Waals surface area (Å²) in [5.74, 6) is 0.869. The smallest absolute Gasteiger partial charge is 0.191 e. The van der Waals surface area contributed by atoms with Crippen molar-refractivity contribution in [3.05, 3.63) is 0 Å². The number of rotatable bonds is 9. The molecule has 0 radical (unpaired) electrons. The van der Waals surface area contributed by atoms with E-state index in [-0.39, 0.29) is 0 Å². The van der Waals surface area contributed by atoms with Crippen LogP contribution < -0.4 is 10.6 Å². The van der Waals surface area contributed by atoms with E-state index in [2.05, 4.69) is 48.2 Å². The number of hydrogen-bond donors (Lipinski definition) is 2. The van der Waals surface area contributed by atoms with E-state index in [9.17, 15) is 0 Å². The standard InChI is InChI=1S/C13H30N4O/c1-6-14-13(15-9-10-18-5)16-11-12(4)17(7-2)8-3/h12H,6-11H2,1-5H3,(H2,14,15,16). The third-order valence-electron chi connectivity index (χ3n) is 2.89. The van der Waals surface area contributed by atoms with Gasteiger partial charge in [0.25, 0.3) is 0 Å². The zero-order valence-corrected chi connectivity index (χ0v) is 12.6. The Hall–Kier alpha value is -0.810. The molecule has 2 N–H and O–H groups in total. The molecule has 0 amide bonds. The van der Waals surface area contributed by atoms with Crippen LogP contribution in [0.5, 0.6) is 0 Å². The summed E-state index contributed by atoms with van der Waals surface area (Å²) in [5, 5.41) is 6.48. The minimum Gasteiger partial charge on any atom is -0.383 e. The zero-order chi connectivity index (χ0) is 13.8. The summed E-state index contributed by atoms with van der Waals surface area (Å²) < 4.78 is 5.02. The average Bonchev–Trinajstić information content (AvgIpc) is 2.37. The van der Waals surface area contributed by atoms with Gasteiger partial charge in [-0.2, -0.15) is 0 Å². The van der Waals surface area contributed by atoms with Crippen molar-refractivity contribution in [2.45, 2.75) is 33.7 Å². The lowest BCUT2D eigenvalue weighted by Crippen LogP contribution is -2.41. The zero-order valence-electron chi connectivity index (χ0n) is 12.6. The van der Waals surface area contributed by atoms with Gasteiger partial charge in [-0.1, -0.05) is 13.8 Å². The fourth-order valence-corrected chi connectivity index (χ4v) is 1.80. The third kappa shape index (κ3) is 7.50. The molecule has 0 heterocycles. The first-order chi connectivity index (χ1) is 8.69. The Kier molecular flexibility index (Phi) is 10.8. The predicted octanol–water partition coefficient (Wildman–Crippen LogP) is 0.918. The quantitative estimate of drug-likeness (QED) is 0.367. The van der Waals surface area contributed by atoms with Crippen LogP contribution in [0.15, 0.2) is 4.99 Å². The van der Waals surface area contributed by atoms with E-state index >= 15 is 0 Å². The van der Waals surface area contributed by atoms with E-state index in [1.54, 1.807) is 7.11 Å². The number of methoxy groups -OCH3 is 1. The van der Waals surface area contributed by atoms with Crippen LogP contribution in [0, 0.1) is 0 Å². The molecule has 5 heteroatoms. The van der Waals surface area contributed by atoms with Crippen molar-refractivity contribution in [3.63, 3.8) is 0 Å². The van der Waals surface area contributed by atoms with Crippen molar-refractivity contribution in [1.82, 2.24) is 15.5 Å². The number of guanidine groups is 1. The minimum atomic E-state index is 0.470. The second-order valence-corrected chi connectivity index (χ2v) is 4.21. The second-order valence-electron chi connectivity index (χ2n) is 4.21. The van der Waals surface area contributed by atoms with E-state index in [0.29, 0.717) is 12.6 Å². The molecule has 0 bridgehead atoms. The molecule has 0 aromatic carbocycles. The van der Waals surface area contributed by atoms with Gasteiger partial charge in [0.2, 0.25) is 0 Å². The van der Waals surface area contributed by atoms with Gasteiger partial charge in [-0.3, -0.25) is 9.89 Å². The second kappa shape index (κ2) is 11.3. The molecule has 0 aromatic rings. The molecular weight excluding hydrogens is 228 g/mol. The largest absolute Gasteiger partial charge is 0.383 e. The van der Waals surface area contributed by atoms with E-state index in [0.717, 1.165) is 38.7 Å². The molecule has 0 aliphatic carbocycles. The fourth-order valence-electron chi connectivity index (χ4n) is 1.80. The number of nitrogens with one attached hydrogen (secondary N) is 2. The SMILES string of the molecule is CCNC(=NCC(C)N(CC)CC)NCCOC. The first-order valence-corrected chi connectivity index (χ1v) is 6.94. The van der Waals surface area contributed by atoms with Crippen molar-refractivity contribution in [2.24, 2.45) is 4.99 Å². The number of ether oxygens (including phenoxy) is 1. The van der Waals surface area contributed by atoms with Gasteiger partial charge in [0, 0.05) is 26.2 Å². The lowest BCUT2D eigenvalue weighted by atomic mass is 10.3. The molecule has 18 heavy (non-hydrogen) atoms. The van der Waals surface area contributed by atoms with Crippen molar-refractivity contribution < 1.29 is 4.74 Å². The van der Waals surface area contributed by atoms with Crippen LogP contribution in [0.4, 0.5) is 0 Å². The Morgan fingerprint density at radius 1 is 1.22 bits per heavy atom. The van der Waals surface area contributed by atoms with Gasteiger partial charge in [-0.05, 0) is 26.9 Å². The minimum absolute atomic E-state index is 0.470. The molecule has 0 aliphatic rings. The highest BCUT2D eigenvalue weighted by atomic mass is 16.5. The fraction of sp³-hybridized carbons (Fsp3) is 0.923. The van der Waals surface area contributed by atoms with Crippen LogP contribution in [-0.4, -0.2) is 63.3 Å². The van der Waals surface area contributed by atoms with Crippen LogP contribution >= 0.6 is 0 Å². The number of likely N-dealkylation sites (N-methyl/N-ethyl adjacent to an activating group) is 1. The van der Waals surface area contributed by atoms with E-state index in [1.165, 1.54) is 0 Å². The van der Waals surface area contributed by atoms with Crippen LogP contribution in [0.2, 0.25) is 0 Å². The molecule has 0 fully saturated rings. The first-order valence-electron chi connectivity index (χ1n) is 6.94. The van der Waals surface area contributed by atoms with E-state index in [4.69, 9.17) is 4.74 Å². The Morgan fingerprint density at radius 2 is 1.89 bits per heavy atom. The summed E-state index contributed by atoms with van der Waals surface area (Å²) in [6.07, 6.45) is 0. The predicted molar refractivity (Wildman–Crippen MR) is 78.2 cm³/mol. The Bertz CT molecular complexity index is 217. The summed E-state index contributed by atoms with van der Waals surface area (Å²) in [6, 6.07) is 0.470. The van der Waals surface area contributed by atoms with Crippen LogP contribution in [-0.2, 0) is 4.74 Å². The summed E-state index contributed by atoms with van der Waals surface area (Å²) in [6.45, 7) is 14.0. The topological polar surface area (TPSA) is 48.9 Å². The monoisotopic (exact) mass is 258 g/mol. The van der Waals surface area contributed by atoms with Gasteiger partial charge in [0.1, 0.15) is 0 Å². The normalized spacial score (nSPS) is 13.8. The highest BCUT2D eigenvalue weighted by Crippen LogP contribution is 1.98. The van der Waals surface area contributed by atoms with Crippen molar-refractivity contribution >= 4 is 5.96 Å². The van der Waals surface area contributed by atoms with Crippen molar-refractivity contribution in [2.75, 3.05) is 46.4 Å². The van der Waals surface area contributed by atoms with Gasteiger partial charge in [-0.25, -0.2) is 0 Å². The van der Waals surface area contributed by atoms with Crippen molar-refractivity contribution in [1.29, 1.82) is 0 Å². The summed E-state index contributed by atoms with van der Waals surface area (Å²) in [4.78, 5) is 7.00. The first kappa shape index (κ1) is 17.2. The maximum atomic E-state index is 5.02. The van der Waals surface area contributed by atoms with E-state index < -0.39 is 0 Å².